The summed E-state index contributed by atoms with van der Waals surface area (Å²) in [4.78, 5) is 30.1. The first kappa shape index (κ1) is 21.7. The summed E-state index contributed by atoms with van der Waals surface area (Å²) in [7, 11) is 0. The number of carbonyl (C=O) groups is 2. The summed E-state index contributed by atoms with van der Waals surface area (Å²) in [6.45, 7) is 7.84. The number of carbonyl (C=O) groups excluding carboxylic acids is 2. The van der Waals surface area contributed by atoms with Crippen molar-refractivity contribution in [3.05, 3.63) is 35.6 Å². The Balaban J connectivity index is 1.78. The van der Waals surface area contributed by atoms with Crippen LogP contribution in [-0.4, -0.2) is 54.5 Å². The SMILES string of the molecule is CCNC(=NCCCN1C(=O)NC(C)(CC)C1=O)NCCc1ccc(F)cc1. The zero-order valence-corrected chi connectivity index (χ0v) is 16.8. The molecule has 7 nitrogen and oxygen atoms in total. The van der Waals surface area contributed by atoms with Crippen molar-refractivity contribution in [2.24, 2.45) is 4.99 Å². The normalized spacial score (nSPS) is 19.7. The molecule has 1 aliphatic rings. The molecule has 8 heteroatoms. The van der Waals surface area contributed by atoms with Gasteiger partial charge in [-0.15, -0.1) is 0 Å². The Kier molecular flexibility index (Phi) is 7.78. The van der Waals surface area contributed by atoms with Gasteiger partial charge >= 0.3 is 6.03 Å². The Morgan fingerprint density at radius 2 is 1.93 bits per heavy atom. The highest BCUT2D eigenvalue weighted by molar-refractivity contribution is 6.06. The molecule has 1 heterocycles. The lowest BCUT2D eigenvalue weighted by molar-refractivity contribution is -0.130. The average molecular weight is 391 g/mol. The van der Waals surface area contributed by atoms with E-state index in [2.05, 4.69) is 20.9 Å². The first-order valence-electron chi connectivity index (χ1n) is 9.80. The van der Waals surface area contributed by atoms with Crippen LogP contribution in [0.15, 0.2) is 29.3 Å². The number of hydrogen-bond donors (Lipinski definition) is 3. The molecular formula is C20H30FN5O2. The van der Waals surface area contributed by atoms with Gasteiger partial charge in [-0.1, -0.05) is 19.1 Å². The van der Waals surface area contributed by atoms with E-state index in [-0.39, 0.29) is 17.8 Å². The third kappa shape index (κ3) is 5.68. The molecule has 2 rings (SSSR count). The van der Waals surface area contributed by atoms with Gasteiger partial charge in [0.15, 0.2) is 5.96 Å². The van der Waals surface area contributed by atoms with Gasteiger partial charge in [-0.05, 0) is 50.8 Å². The number of urea groups is 1. The topological polar surface area (TPSA) is 85.8 Å². The fourth-order valence-corrected chi connectivity index (χ4v) is 2.93. The van der Waals surface area contributed by atoms with Crippen LogP contribution < -0.4 is 16.0 Å². The van der Waals surface area contributed by atoms with Crippen molar-refractivity contribution in [2.45, 2.75) is 45.6 Å². The van der Waals surface area contributed by atoms with Crippen molar-refractivity contribution in [2.75, 3.05) is 26.2 Å². The Morgan fingerprint density at radius 1 is 1.21 bits per heavy atom. The van der Waals surface area contributed by atoms with Gasteiger partial charge in [-0.2, -0.15) is 0 Å². The van der Waals surface area contributed by atoms with E-state index in [9.17, 15) is 14.0 Å². The summed E-state index contributed by atoms with van der Waals surface area (Å²) in [6.07, 6.45) is 1.91. The van der Waals surface area contributed by atoms with Crippen LogP contribution in [0.2, 0.25) is 0 Å². The molecule has 1 fully saturated rings. The molecule has 28 heavy (non-hydrogen) atoms. The van der Waals surface area contributed by atoms with Crippen LogP contribution in [0.3, 0.4) is 0 Å². The minimum absolute atomic E-state index is 0.173. The van der Waals surface area contributed by atoms with Crippen molar-refractivity contribution < 1.29 is 14.0 Å². The number of nitrogens with zero attached hydrogens (tertiary/aromatic N) is 2. The molecule has 1 aromatic rings. The van der Waals surface area contributed by atoms with Crippen LogP contribution in [0.1, 0.15) is 39.2 Å². The summed E-state index contributed by atoms with van der Waals surface area (Å²) in [6, 6.07) is 6.11. The van der Waals surface area contributed by atoms with Gasteiger partial charge in [0.2, 0.25) is 0 Å². The molecule has 1 atom stereocenters. The fourth-order valence-electron chi connectivity index (χ4n) is 2.93. The van der Waals surface area contributed by atoms with Gasteiger partial charge in [0.05, 0.1) is 0 Å². The summed E-state index contributed by atoms with van der Waals surface area (Å²) in [5.74, 6) is 0.268. The van der Waals surface area contributed by atoms with Crippen LogP contribution in [-0.2, 0) is 11.2 Å². The average Bonchev–Trinajstić information content (AvgIpc) is 2.89. The molecule has 0 spiro atoms. The van der Waals surface area contributed by atoms with Crippen molar-refractivity contribution >= 4 is 17.9 Å². The number of hydrogen-bond acceptors (Lipinski definition) is 3. The van der Waals surface area contributed by atoms with E-state index < -0.39 is 5.54 Å². The van der Waals surface area contributed by atoms with E-state index in [0.29, 0.717) is 38.4 Å². The van der Waals surface area contributed by atoms with Gasteiger partial charge in [0.1, 0.15) is 11.4 Å². The van der Waals surface area contributed by atoms with Crippen LogP contribution in [0.4, 0.5) is 9.18 Å². The van der Waals surface area contributed by atoms with Crippen molar-refractivity contribution in [1.29, 1.82) is 0 Å². The van der Waals surface area contributed by atoms with Gasteiger partial charge in [0.25, 0.3) is 5.91 Å². The van der Waals surface area contributed by atoms with E-state index in [1.807, 2.05) is 13.8 Å². The lowest BCUT2D eigenvalue weighted by Gasteiger charge is -2.19. The number of aliphatic imine (C=N–C) groups is 1. The largest absolute Gasteiger partial charge is 0.357 e. The molecule has 0 bridgehead atoms. The third-order valence-electron chi connectivity index (χ3n) is 4.83. The van der Waals surface area contributed by atoms with Crippen molar-refractivity contribution in [1.82, 2.24) is 20.9 Å². The molecule has 3 amide bonds. The predicted molar refractivity (Wildman–Crippen MR) is 108 cm³/mol. The molecule has 0 saturated carbocycles. The minimum atomic E-state index is -0.794. The second-order valence-electron chi connectivity index (χ2n) is 6.99. The second kappa shape index (κ2) is 10.1. The number of benzene rings is 1. The summed E-state index contributed by atoms with van der Waals surface area (Å²) in [5, 5.41) is 9.15. The number of nitrogens with one attached hydrogen (secondary N) is 3. The highest BCUT2D eigenvalue weighted by Crippen LogP contribution is 2.20. The highest BCUT2D eigenvalue weighted by atomic mass is 19.1. The molecule has 1 saturated heterocycles. The fraction of sp³-hybridized carbons (Fsp3) is 0.550. The molecule has 1 aromatic carbocycles. The molecule has 1 aliphatic heterocycles. The smallest absolute Gasteiger partial charge is 0.325 e. The van der Waals surface area contributed by atoms with Crippen LogP contribution in [0.25, 0.3) is 0 Å². The first-order chi connectivity index (χ1) is 13.4. The monoisotopic (exact) mass is 391 g/mol. The maximum absolute atomic E-state index is 12.9. The summed E-state index contributed by atoms with van der Waals surface area (Å²) < 4.78 is 12.9. The van der Waals surface area contributed by atoms with Gasteiger partial charge in [-0.3, -0.25) is 14.7 Å². The molecule has 154 valence electrons. The first-order valence-corrected chi connectivity index (χ1v) is 9.80. The molecule has 0 radical (unpaired) electrons. The Labute approximate surface area is 165 Å². The quantitative estimate of drug-likeness (QED) is 0.260. The van der Waals surface area contributed by atoms with Crippen LogP contribution in [0, 0.1) is 5.82 Å². The zero-order valence-electron chi connectivity index (χ0n) is 16.8. The summed E-state index contributed by atoms with van der Waals surface area (Å²) >= 11 is 0. The number of halogens is 1. The standard InChI is InChI=1S/C20H30FN5O2/c1-4-20(3)17(27)26(19(28)25-20)14-6-12-23-18(22-5-2)24-13-11-15-7-9-16(21)10-8-15/h7-10H,4-6,11-14H2,1-3H3,(H,25,28)(H2,22,23,24). The van der Waals surface area contributed by atoms with E-state index >= 15 is 0 Å². The van der Waals surface area contributed by atoms with Gasteiger partial charge < -0.3 is 16.0 Å². The van der Waals surface area contributed by atoms with E-state index in [4.69, 9.17) is 0 Å². The zero-order chi connectivity index (χ0) is 20.6. The maximum Gasteiger partial charge on any atom is 0.325 e. The van der Waals surface area contributed by atoms with Gasteiger partial charge in [-0.25, -0.2) is 9.18 Å². The number of imide groups is 1. The Bertz CT molecular complexity index is 707. The summed E-state index contributed by atoms with van der Waals surface area (Å²) in [5.41, 5.74) is 0.249. The number of guanidine groups is 1. The lowest BCUT2D eigenvalue weighted by Crippen LogP contribution is -2.43. The Morgan fingerprint density at radius 3 is 2.54 bits per heavy atom. The third-order valence-corrected chi connectivity index (χ3v) is 4.83. The highest BCUT2D eigenvalue weighted by Gasteiger charge is 2.45. The molecular weight excluding hydrogens is 361 g/mol. The van der Waals surface area contributed by atoms with Crippen LogP contribution >= 0.6 is 0 Å². The maximum atomic E-state index is 12.9. The lowest BCUT2D eigenvalue weighted by atomic mass is 9.99. The molecule has 0 aromatic heterocycles. The van der Waals surface area contributed by atoms with Gasteiger partial charge in [0, 0.05) is 26.2 Å². The molecule has 3 N–H and O–H groups in total. The second-order valence-corrected chi connectivity index (χ2v) is 6.99. The number of rotatable bonds is 9. The molecule has 1 unspecified atom stereocenters. The molecule has 0 aliphatic carbocycles. The van der Waals surface area contributed by atoms with Crippen LogP contribution in [0.5, 0.6) is 0 Å². The van der Waals surface area contributed by atoms with E-state index in [1.165, 1.54) is 17.0 Å². The van der Waals surface area contributed by atoms with Crippen molar-refractivity contribution in [3.63, 3.8) is 0 Å². The van der Waals surface area contributed by atoms with Crippen molar-refractivity contribution in [3.8, 4) is 0 Å². The predicted octanol–water partition coefficient (Wildman–Crippen LogP) is 2.03. The van der Waals surface area contributed by atoms with E-state index in [0.717, 1.165) is 18.5 Å². The number of amides is 3. The van der Waals surface area contributed by atoms with E-state index in [1.54, 1.807) is 19.1 Å². The Hall–Kier alpha value is -2.64. The minimum Gasteiger partial charge on any atom is -0.357 e.